The van der Waals surface area contributed by atoms with E-state index in [1.165, 1.54) is 0 Å². The third kappa shape index (κ3) is 2.03. The molecule has 0 aliphatic heterocycles. The molecule has 1 aromatic carbocycles. The van der Waals surface area contributed by atoms with Gasteiger partial charge >= 0.3 is 5.97 Å². The van der Waals surface area contributed by atoms with Gasteiger partial charge in [-0.05, 0) is 11.6 Å². The quantitative estimate of drug-likeness (QED) is 0.626. The van der Waals surface area contributed by atoms with Crippen molar-refractivity contribution in [3.05, 3.63) is 29.8 Å². The van der Waals surface area contributed by atoms with Crippen molar-refractivity contribution < 1.29 is 9.90 Å². The molecular formula is C10H14N2O2. The van der Waals surface area contributed by atoms with Crippen LogP contribution in [0.4, 0.5) is 5.69 Å². The Bertz CT molecular complexity index is 339. The Labute approximate surface area is 82.5 Å². The summed E-state index contributed by atoms with van der Waals surface area (Å²) in [5, 5.41) is 8.78. The van der Waals surface area contributed by atoms with Crippen LogP contribution in [0.25, 0.3) is 0 Å². The summed E-state index contributed by atoms with van der Waals surface area (Å²) in [5.41, 5.74) is 12.7. The highest BCUT2D eigenvalue weighted by Crippen LogP contribution is 2.24. The number of nitrogens with two attached hydrogens (primary N) is 2. The molecule has 0 radical (unpaired) electrons. The van der Waals surface area contributed by atoms with Gasteiger partial charge in [0.25, 0.3) is 0 Å². The molecule has 0 saturated heterocycles. The fraction of sp³-hybridized carbons (Fsp3) is 0.300. The van der Waals surface area contributed by atoms with Crippen LogP contribution in [0.2, 0.25) is 0 Å². The molecule has 4 nitrogen and oxygen atoms in total. The van der Waals surface area contributed by atoms with Crippen molar-refractivity contribution in [3.63, 3.8) is 0 Å². The standard InChI is InChI=1S/C10H14N2O2/c1-6(10(13)14)9(12)7-4-2-3-5-8(7)11/h2-6,9H,11-12H2,1H3,(H,13,14). The average Bonchev–Trinajstić information content (AvgIpc) is 2.16. The summed E-state index contributed by atoms with van der Waals surface area (Å²) in [4.78, 5) is 10.7. The van der Waals surface area contributed by atoms with Crippen molar-refractivity contribution in [2.24, 2.45) is 11.7 Å². The molecule has 0 spiro atoms. The number of nitrogen functional groups attached to an aromatic ring is 1. The zero-order chi connectivity index (χ0) is 10.7. The van der Waals surface area contributed by atoms with Gasteiger partial charge in [0.1, 0.15) is 0 Å². The van der Waals surface area contributed by atoms with Crippen LogP contribution in [-0.4, -0.2) is 11.1 Å². The van der Waals surface area contributed by atoms with Crippen molar-refractivity contribution in [2.75, 3.05) is 5.73 Å². The van der Waals surface area contributed by atoms with Crippen molar-refractivity contribution in [1.29, 1.82) is 0 Å². The monoisotopic (exact) mass is 194 g/mol. The third-order valence-electron chi connectivity index (χ3n) is 2.28. The van der Waals surface area contributed by atoms with Crippen molar-refractivity contribution in [1.82, 2.24) is 0 Å². The molecule has 0 aromatic heterocycles. The summed E-state index contributed by atoms with van der Waals surface area (Å²) in [5.74, 6) is -1.56. The number of anilines is 1. The number of hydrogen-bond acceptors (Lipinski definition) is 3. The predicted octanol–water partition coefficient (Wildman–Crippen LogP) is 0.989. The van der Waals surface area contributed by atoms with Crippen molar-refractivity contribution in [2.45, 2.75) is 13.0 Å². The van der Waals surface area contributed by atoms with E-state index in [2.05, 4.69) is 0 Å². The predicted molar refractivity (Wildman–Crippen MR) is 54.6 cm³/mol. The van der Waals surface area contributed by atoms with Crippen LogP contribution >= 0.6 is 0 Å². The zero-order valence-corrected chi connectivity index (χ0v) is 7.97. The highest BCUT2D eigenvalue weighted by Gasteiger charge is 2.22. The largest absolute Gasteiger partial charge is 0.481 e. The van der Waals surface area contributed by atoms with Crippen LogP contribution in [0.15, 0.2) is 24.3 Å². The lowest BCUT2D eigenvalue weighted by Gasteiger charge is -2.17. The lowest BCUT2D eigenvalue weighted by Crippen LogP contribution is -2.26. The molecule has 14 heavy (non-hydrogen) atoms. The highest BCUT2D eigenvalue weighted by molar-refractivity contribution is 5.71. The first kappa shape index (κ1) is 10.5. The topological polar surface area (TPSA) is 89.3 Å². The Balaban J connectivity index is 2.94. The molecule has 0 heterocycles. The van der Waals surface area contributed by atoms with Crippen LogP contribution < -0.4 is 11.5 Å². The highest BCUT2D eigenvalue weighted by atomic mass is 16.4. The molecule has 1 rings (SSSR count). The maximum absolute atomic E-state index is 10.7. The third-order valence-corrected chi connectivity index (χ3v) is 2.28. The molecule has 1 aromatic rings. The Morgan fingerprint density at radius 1 is 1.43 bits per heavy atom. The van der Waals surface area contributed by atoms with Gasteiger partial charge in [0.2, 0.25) is 0 Å². The van der Waals surface area contributed by atoms with Crippen LogP contribution in [0.1, 0.15) is 18.5 Å². The van der Waals surface area contributed by atoms with E-state index in [4.69, 9.17) is 16.6 Å². The summed E-state index contributed by atoms with van der Waals surface area (Å²) in [6.07, 6.45) is 0. The number of carboxylic acid groups (broad SMARTS) is 1. The summed E-state index contributed by atoms with van der Waals surface area (Å²) in [6, 6.07) is 6.48. The fourth-order valence-electron chi connectivity index (χ4n) is 1.24. The fourth-order valence-corrected chi connectivity index (χ4v) is 1.24. The molecule has 0 aliphatic carbocycles. The minimum absolute atomic E-state index is 0.535. The van der Waals surface area contributed by atoms with Gasteiger partial charge in [0, 0.05) is 11.7 Å². The summed E-state index contributed by atoms with van der Waals surface area (Å²) in [6.45, 7) is 1.57. The maximum Gasteiger partial charge on any atom is 0.308 e. The SMILES string of the molecule is CC(C(=O)O)C(N)c1ccccc1N. The normalized spacial score (nSPS) is 14.7. The molecule has 0 amide bonds. The van der Waals surface area contributed by atoms with Crippen molar-refractivity contribution in [3.8, 4) is 0 Å². The number of rotatable bonds is 3. The first-order valence-electron chi connectivity index (χ1n) is 4.37. The summed E-state index contributed by atoms with van der Waals surface area (Å²) in [7, 11) is 0. The van der Waals surface area contributed by atoms with Gasteiger partial charge in [-0.3, -0.25) is 4.79 Å². The van der Waals surface area contributed by atoms with Gasteiger partial charge in [0.05, 0.1) is 5.92 Å². The van der Waals surface area contributed by atoms with E-state index in [1.807, 2.05) is 0 Å². The zero-order valence-electron chi connectivity index (χ0n) is 7.97. The molecule has 76 valence electrons. The first-order valence-corrected chi connectivity index (χ1v) is 4.37. The summed E-state index contributed by atoms with van der Waals surface area (Å²) < 4.78 is 0. The number of benzene rings is 1. The van der Waals surface area contributed by atoms with Gasteiger partial charge in [0.15, 0.2) is 0 Å². The molecule has 0 fully saturated rings. The van der Waals surface area contributed by atoms with E-state index in [0.717, 1.165) is 0 Å². The lowest BCUT2D eigenvalue weighted by molar-refractivity contribution is -0.141. The van der Waals surface area contributed by atoms with E-state index in [-0.39, 0.29) is 0 Å². The van der Waals surface area contributed by atoms with E-state index in [1.54, 1.807) is 31.2 Å². The Kier molecular flexibility index (Phi) is 3.09. The number of aliphatic carboxylic acids is 1. The second-order valence-corrected chi connectivity index (χ2v) is 3.28. The minimum atomic E-state index is -0.916. The number of hydrogen-bond donors (Lipinski definition) is 3. The maximum atomic E-state index is 10.7. The Morgan fingerprint density at radius 2 is 2.00 bits per heavy atom. The van der Waals surface area contributed by atoms with E-state index in [0.29, 0.717) is 11.3 Å². The van der Waals surface area contributed by atoms with E-state index >= 15 is 0 Å². The van der Waals surface area contributed by atoms with E-state index in [9.17, 15) is 4.79 Å². The molecule has 2 atom stereocenters. The average molecular weight is 194 g/mol. The molecule has 0 bridgehead atoms. The molecule has 4 heteroatoms. The number of para-hydroxylation sites is 1. The molecular weight excluding hydrogens is 180 g/mol. The van der Waals surface area contributed by atoms with Gasteiger partial charge < -0.3 is 16.6 Å². The second-order valence-electron chi connectivity index (χ2n) is 3.28. The van der Waals surface area contributed by atoms with Gasteiger partial charge in [-0.15, -0.1) is 0 Å². The van der Waals surface area contributed by atoms with Gasteiger partial charge in [-0.25, -0.2) is 0 Å². The Morgan fingerprint density at radius 3 is 2.50 bits per heavy atom. The van der Waals surface area contributed by atoms with Crippen LogP contribution in [0.5, 0.6) is 0 Å². The molecule has 5 N–H and O–H groups in total. The number of carboxylic acids is 1. The smallest absolute Gasteiger partial charge is 0.308 e. The number of carbonyl (C=O) groups is 1. The lowest BCUT2D eigenvalue weighted by atomic mass is 9.94. The van der Waals surface area contributed by atoms with Gasteiger partial charge in [-0.2, -0.15) is 0 Å². The molecule has 0 aliphatic rings. The second kappa shape index (κ2) is 4.11. The molecule has 2 unspecified atom stereocenters. The van der Waals surface area contributed by atoms with Crippen LogP contribution in [0.3, 0.4) is 0 Å². The molecule has 0 saturated carbocycles. The van der Waals surface area contributed by atoms with E-state index < -0.39 is 17.9 Å². The van der Waals surface area contributed by atoms with Gasteiger partial charge in [-0.1, -0.05) is 25.1 Å². The van der Waals surface area contributed by atoms with Crippen LogP contribution in [0, 0.1) is 5.92 Å². The van der Waals surface area contributed by atoms with Crippen molar-refractivity contribution >= 4 is 11.7 Å². The first-order chi connectivity index (χ1) is 6.54. The minimum Gasteiger partial charge on any atom is -0.481 e. The summed E-state index contributed by atoms with van der Waals surface area (Å²) >= 11 is 0. The van der Waals surface area contributed by atoms with Crippen LogP contribution in [-0.2, 0) is 4.79 Å². The Hall–Kier alpha value is -1.55.